The van der Waals surface area contributed by atoms with Crippen molar-refractivity contribution in [2.45, 2.75) is 13.3 Å². The fourth-order valence-electron chi connectivity index (χ4n) is 1.44. The summed E-state index contributed by atoms with van der Waals surface area (Å²) in [5.74, 6) is 0.325. The maximum Gasteiger partial charge on any atom is 0.360 e. The highest BCUT2D eigenvalue weighted by molar-refractivity contribution is 7.11. The zero-order chi connectivity index (χ0) is 12.4. The van der Waals surface area contributed by atoms with Crippen molar-refractivity contribution >= 4 is 23.1 Å². The molecule has 2 rings (SSSR count). The largest absolute Gasteiger partial charge is 0.464 e. The van der Waals surface area contributed by atoms with Crippen molar-refractivity contribution in [3.63, 3.8) is 0 Å². The van der Waals surface area contributed by atoms with E-state index in [9.17, 15) is 4.79 Å². The molecule has 0 spiro atoms. The summed E-state index contributed by atoms with van der Waals surface area (Å²) >= 11 is 1.32. The minimum Gasteiger partial charge on any atom is -0.464 e. The zero-order valence-corrected chi connectivity index (χ0v) is 10.2. The number of aryl methyl sites for hydroxylation is 1. The third kappa shape index (κ3) is 1.86. The van der Waals surface area contributed by atoms with Gasteiger partial charge in [0, 0.05) is 6.42 Å². The summed E-state index contributed by atoms with van der Waals surface area (Å²) in [7, 11) is 1.29. The maximum absolute atomic E-state index is 11.5. The Labute approximate surface area is 101 Å². The van der Waals surface area contributed by atoms with Crippen LogP contribution in [0.25, 0.3) is 5.13 Å². The van der Waals surface area contributed by atoms with Crippen molar-refractivity contribution in [1.29, 1.82) is 0 Å². The van der Waals surface area contributed by atoms with E-state index in [1.54, 1.807) is 10.1 Å². The summed E-state index contributed by atoms with van der Waals surface area (Å²) in [4.78, 5) is 15.6. The molecule has 0 amide bonds. The fraction of sp³-hybridized carbons (Fsp3) is 0.333. The predicted octanol–water partition coefficient (Wildman–Crippen LogP) is 0.655. The monoisotopic (exact) mass is 253 g/mol. The van der Waals surface area contributed by atoms with E-state index >= 15 is 0 Å². The number of methoxy groups -OCH3 is 1. The van der Waals surface area contributed by atoms with E-state index in [1.165, 1.54) is 18.4 Å². The second-order valence-electron chi connectivity index (χ2n) is 3.16. The van der Waals surface area contributed by atoms with Gasteiger partial charge in [0.1, 0.15) is 17.2 Å². The van der Waals surface area contributed by atoms with Gasteiger partial charge in [0.05, 0.1) is 7.11 Å². The molecule has 2 N–H and O–H groups in total. The number of carbonyl (C=O) groups excluding carboxylic acids is 1. The molecule has 90 valence electrons. The number of ether oxygens (including phenoxy) is 1. The second-order valence-corrected chi connectivity index (χ2v) is 3.98. The van der Waals surface area contributed by atoms with Crippen molar-refractivity contribution in [2.75, 3.05) is 12.8 Å². The van der Waals surface area contributed by atoms with E-state index in [-0.39, 0.29) is 11.5 Å². The molecule has 0 atom stereocenters. The summed E-state index contributed by atoms with van der Waals surface area (Å²) < 4.78 is 6.23. The van der Waals surface area contributed by atoms with Crippen LogP contribution in [0.2, 0.25) is 0 Å². The summed E-state index contributed by atoms with van der Waals surface area (Å²) in [6.07, 6.45) is 0.626. The molecule has 0 aromatic carbocycles. The number of nitrogen functional groups attached to an aromatic ring is 1. The smallest absolute Gasteiger partial charge is 0.360 e. The average molecular weight is 253 g/mol. The van der Waals surface area contributed by atoms with E-state index in [0.29, 0.717) is 17.4 Å². The van der Waals surface area contributed by atoms with Gasteiger partial charge in [-0.2, -0.15) is 0 Å². The van der Waals surface area contributed by atoms with E-state index in [2.05, 4.69) is 19.9 Å². The lowest BCUT2D eigenvalue weighted by molar-refractivity contribution is 0.0596. The minimum absolute atomic E-state index is 0.111. The van der Waals surface area contributed by atoms with Crippen LogP contribution in [0.5, 0.6) is 0 Å². The van der Waals surface area contributed by atoms with Crippen LogP contribution in [0.4, 0.5) is 5.82 Å². The molecule has 8 heteroatoms. The van der Waals surface area contributed by atoms with Crippen LogP contribution in [0, 0.1) is 0 Å². The number of rotatable bonds is 3. The van der Waals surface area contributed by atoms with Crippen molar-refractivity contribution in [2.24, 2.45) is 0 Å². The lowest BCUT2D eigenvalue weighted by atomic mass is 10.4. The quantitative estimate of drug-likeness (QED) is 0.807. The highest BCUT2D eigenvalue weighted by Crippen LogP contribution is 2.22. The molecule has 0 unspecified atom stereocenters. The lowest BCUT2D eigenvalue weighted by Gasteiger charge is -2.02. The van der Waals surface area contributed by atoms with E-state index < -0.39 is 5.97 Å². The number of imidazole rings is 1. The van der Waals surface area contributed by atoms with E-state index in [1.807, 2.05) is 6.92 Å². The first-order chi connectivity index (χ1) is 8.19. The normalized spacial score (nSPS) is 10.5. The van der Waals surface area contributed by atoms with Crippen LogP contribution < -0.4 is 5.73 Å². The number of anilines is 1. The van der Waals surface area contributed by atoms with Gasteiger partial charge >= 0.3 is 5.97 Å². The molecule has 0 aliphatic carbocycles. The van der Waals surface area contributed by atoms with Gasteiger partial charge in [-0.15, -0.1) is 10.2 Å². The summed E-state index contributed by atoms with van der Waals surface area (Å²) in [5, 5.41) is 8.24. The van der Waals surface area contributed by atoms with Crippen LogP contribution in [0.15, 0.2) is 5.51 Å². The van der Waals surface area contributed by atoms with Crippen LogP contribution in [-0.2, 0) is 11.2 Å². The molecule has 7 nitrogen and oxygen atoms in total. The molecule has 2 aromatic rings. The van der Waals surface area contributed by atoms with Crippen LogP contribution >= 0.6 is 11.3 Å². The molecular formula is C9H11N5O2S. The van der Waals surface area contributed by atoms with Crippen molar-refractivity contribution < 1.29 is 9.53 Å². The van der Waals surface area contributed by atoms with Gasteiger partial charge in [-0.25, -0.2) is 9.78 Å². The summed E-state index contributed by atoms with van der Waals surface area (Å²) in [5.41, 5.74) is 7.59. The standard InChI is InChI=1S/C9H11N5O2S/c1-3-5-12-6(8(15)16-2)7(10)14(5)9-13-11-4-17-9/h4H,3,10H2,1-2H3. The number of carbonyl (C=O) groups is 1. The molecular weight excluding hydrogens is 242 g/mol. The van der Waals surface area contributed by atoms with Crippen LogP contribution in [0.3, 0.4) is 0 Å². The lowest BCUT2D eigenvalue weighted by Crippen LogP contribution is -2.07. The molecule has 0 fully saturated rings. The molecule has 0 bridgehead atoms. The van der Waals surface area contributed by atoms with Gasteiger partial charge in [0.2, 0.25) is 5.13 Å². The van der Waals surface area contributed by atoms with Crippen LogP contribution in [-0.4, -0.2) is 32.8 Å². The molecule has 0 aliphatic heterocycles. The van der Waals surface area contributed by atoms with E-state index in [4.69, 9.17) is 5.73 Å². The summed E-state index contributed by atoms with van der Waals surface area (Å²) in [6, 6.07) is 0. The maximum atomic E-state index is 11.5. The Morgan fingerprint density at radius 1 is 1.65 bits per heavy atom. The zero-order valence-electron chi connectivity index (χ0n) is 9.38. The number of nitrogens with two attached hydrogens (primary N) is 1. The van der Waals surface area contributed by atoms with Crippen molar-refractivity contribution in [3.8, 4) is 5.13 Å². The third-order valence-corrected chi connectivity index (χ3v) is 2.89. The number of nitrogens with zero attached hydrogens (tertiary/aromatic N) is 4. The Bertz CT molecular complexity index is 534. The minimum atomic E-state index is -0.555. The third-order valence-electron chi connectivity index (χ3n) is 2.22. The first kappa shape index (κ1) is 11.5. The molecule has 2 aromatic heterocycles. The fourth-order valence-corrected chi connectivity index (χ4v) is 2.04. The molecule has 17 heavy (non-hydrogen) atoms. The van der Waals surface area contributed by atoms with Gasteiger partial charge in [-0.3, -0.25) is 4.57 Å². The molecule has 0 aliphatic rings. The van der Waals surface area contributed by atoms with Gasteiger partial charge in [-0.1, -0.05) is 18.3 Å². The van der Waals surface area contributed by atoms with Gasteiger partial charge in [0.15, 0.2) is 5.69 Å². The van der Waals surface area contributed by atoms with Crippen LogP contribution in [0.1, 0.15) is 23.2 Å². The number of hydrogen-bond acceptors (Lipinski definition) is 7. The van der Waals surface area contributed by atoms with Gasteiger partial charge < -0.3 is 10.5 Å². The van der Waals surface area contributed by atoms with E-state index in [0.717, 1.165) is 0 Å². The Hall–Kier alpha value is -1.96. The van der Waals surface area contributed by atoms with Crippen molar-refractivity contribution in [1.82, 2.24) is 19.7 Å². The molecule has 0 saturated carbocycles. The average Bonchev–Trinajstić information content (AvgIpc) is 2.95. The molecule has 0 radical (unpaired) electrons. The number of aromatic nitrogens is 4. The Morgan fingerprint density at radius 3 is 2.94 bits per heavy atom. The Kier molecular flexibility index (Phi) is 3.05. The molecule has 2 heterocycles. The Morgan fingerprint density at radius 2 is 2.41 bits per heavy atom. The number of esters is 1. The number of hydrogen-bond donors (Lipinski definition) is 1. The highest BCUT2D eigenvalue weighted by Gasteiger charge is 2.22. The molecule has 0 saturated heterocycles. The first-order valence-corrected chi connectivity index (χ1v) is 5.79. The van der Waals surface area contributed by atoms with Gasteiger partial charge in [-0.05, 0) is 0 Å². The highest BCUT2D eigenvalue weighted by atomic mass is 32.1. The summed E-state index contributed by atoms with van der Waals surface area (Å²) in [6.45, 7) is 1.92. The Balaban J connectivity index is 2.59. The topological polar surface area (TPSA) is 95.9 Å². The SMILES string of the molecule is CCc1nc(C(=O)OC)c(N)n1-c1nncs1. The van der Waals surface area contributed by atoms with Crippen molar-refractivity contribution in [3.05, 3.63) is 17.0 Å². The van der Waals surface area contributed by atoms with Gasteiger partial charge in [0.25, 0.3) is 0 Å². The first-order valence-electron chi connectivity index (χ1n) is 4.91. The second kappa shape index (κ2) is 4.50. The predicted molar refractivity (Wildman–Crippen MR) is 62.2 cm³/mol.